The molecule has 0 aromatic carbocycles. The average molecular weight is 432 g/mol. The van der Waals surface area contributed by atoms with E-state index in [0.717, 1.165) is 0 Å². The van der Waals surface area contributed by atoms with Crippen LogP contribution in [0.25, 0.3) is 0 Å². The summed E-state index contributed by atoms with van der Waals surface area (Å²) in [6.07, 6.45) is 1.74. The van der Waals surface area contributed by atoms with E-state index < -0.39 is 23.9 Å². The molecule has 1 aliphatic rings. The summed E-state index contributed by atoms with van der Waals surface area (Å²) in [6, 6.07) is 0. The molecular formula is C18H32N4O8. The molecule has 1 unspecified atom stereocenters. The van der Waals surface area contributed by atoms with Gasteiger partial charge in [0.15, 0.2) is 0 Å². The fraction of sp³-hybridized carbons (Fsp3) is 0.778. The van der Waals surface area contributed by atoms with Crippen molar-refractivity contribution in [1.29, 1.82) is 0 Å². The minimum atomic E-state index is -1.03. The summed E-state index contributed by atoms with van der Waals surface area (Å²) in [6.45, 7) is 1.33. The molecule has 0 saturated carbocycles. The lowest BCUT2D eigenvalue weighted by Gasteiger charge is -2.30. The molecule has 5 N–H and O–H groups in total. The zero-order chi connectivity index (χ0) is 22.5. The second-order valence-electron chi connectivity index (χ2n) is 7.46. The highest BCUT2D eigenvalue weighted by Crippen LogP contribution is 2.17. The maximum Gasteiger partial charge on any atom is 0.319 e. The third kappa shape index (κ3) is 12.3. The predicted octanol–water partition coefficient (Wildman–Crippen LogP) is -1.07. The number of hydrogen-bond donors (Lipinski definition) is 5. The first kappa shape index (κ1) is 25.8. The number of nitrogens with one attached hydrogen (secondary N) is 1. The molecule has 0 amide bonds. The highest BCUT2D eigenvalue weighted by Gasteiger charge is 2.20. The largest absolute Gasteiger partial charge is 0.481 e. The van der Waals surface area contributed by atoms with Crippen LogP contribution in [0.2, 0.25) is 0 Å². The Bertz CT molecular complexity index is 539. The van der Waals surface area contributed by atoms with Crippen LogP contribution in [0.5, 0.6) is 0 Å². The number of nitrogens with zero attached hydrogens (tertiary/aromatic N) is 3. The first-order valence-electron chi connectivity index (χ1n) is 9.96. The van der Waals surface area contributed by atoms with E-state index >= 15 is 0 Å². The predicted molar refractivity (Wildman–Crippen MR) is 105 cm³/mol. The SMILES string of the molecule is O=C(O)CC1CCCNN(CC(=O)O)CCN(CC(=O)O)CCN(CC(=O)O)CC1. The van der Waals surface area contributed by atoms with E-state index in [9.17, 15) is 19.2 Å². The summed E-state index contributed by atoms with van der Waals surface area (Å²) in [5.41, 5.74) is 3.03. The summed E-state index contributed by atoms with van der Waals surface area (Å²) in [7, 11) is 0. The van der Waals surface area contributed by atoms with E-state index in [1.807, 2.05) is 0 Å². The molecule has 0 aromatic rings. The van der Waals surface area contributed by atoms with Gasteiger partial charge in [0, 0.05) is 39.1 Å². The Kier molecular flexibility index (Phi) is 11.9. The fourth-order valence-electron chi connectivity index (χ4n) is 3.43. The molecule has 0 aromatic heterocycles. The van der Waals surface area contributed by atoms with Crippen molar-refractivity contribution in [2.45, 2.75) is 25.7 Å². The van der Waals surface area contributed by atoms with Crippen LogP contribution in [0, 0.1) is 5.92 Å². The molecule has 1 saturated heterocycles. The first-order chi connectivity index (χ1) is 14.2. The molecule has 12 heteroatoms. The lowest BCUT2D eigenvalue weighted by molar-refractivity contribution is -0.141. The van der Waals surface area contributed by atoms with Crippen molar-refractivity contribution in [3.8, 4) is 0 Å². The number of rotatable bonds is 8. The van der Waals surface area contributed by atoms with Gasteiger partial charge in [-0.3, -0.25) is 34.4 Å². The number of carboxylic acid groups (broad SMARTS) is 4. The van der Waals surface area contributed by atoms with Crippen molar-refractivity contribution in [3.05, 3.63) is 0 Å². The lowest BCUT2D eigenvalue weighted by atomic mass is 9.95. The second-order valence-corrected chi connectivity index (χ2v) is 7.46. The number of hydrazine groups is 1. The third-order valence-corrected chi connectivity index (χ3v) is 4.90. The smallest absolute Gasteiger partial charge is 0.319 e. The molecule has 172 valence electrons. The normalized spacial score (nSPS) is 21.5. The van der Waals surface area contributed by atoms with E-state index in [4.69, 9.17) is 20.4 Å². The quantitative estimate of drug-likeness (QED) is 0.315. The summed E-state index contributed by atoms with van der Waals surface area (Å²) in [4.78, 5) is 48.0. The Balaban J connectivity index is 2.91. The van der Waals surface area contributed by atoms with Crippen LogP contribution in [-0.4, -0.2) is 118 Å². The molecule has 1 aliphatic heterocycles. The van der Waals surface area contributed by atoms with Crippen molar-refractivity contribution in [2.24, 2.45) is 5.92 Å². The molecule has 12 nitrogen and oxygen atoms in total. The Morgan fingerprint density at radius 2 is 1.23 bits per heavy atom. The second kappa shape index (κ2) is 13.9. The Hall–Kier alpha value is -2.28. The van der Waals surface area contributed by atoms with Crippen LogP contribution in [0.4, 0.5) is 0 Å². The van der Waals surface area contributed by atoms with Gasteiger partial charge in [0.05, 0.1) is 13.1 Å². The van der Waals surface area contributed by atoms with Gasteiger partial charge >= 0.3 is 23.9 Å². The minimum absolute atomic E-state index is 0.0229. The monoisotopic (exact) mass is 432 g/mol. The summed E-state index contributed by atoms with van der Waals surface area (Å²) < 4.78 is 0. The van der Waals surface area contributed by atoms with Crippen LogP contribution in [0.1, 0.15) is 25.7 Å². The Labute approximate surface area is 175 Å². The number of aliphatic carboxylic acids is 4. The van der Waals surface area contributed by atoms with Crippen LogP contribution in [-0.2, 0) is 19.2 Å². The van der Waals surface area contributed by atoms with Gasteiger partial charge in [0.1, 0.15) is 6.54 Å². The molecule has 0 bridgehead atoms. The van der Waals surface area contributed by atoms with Crippen molar-refractivity contribution < 1.29 is 39.6 Å². The van der Waals surface area contributed by atoms with E-state index in [0.29, 0.717) is 52.0 Å². The Morgan fingerprint density at radius 1 is 0.700 bits per heavy atom. The lowest BCUT2D eigenvalue weighted by Crippen LogP contribution is -2.48. The standard InChI is InChI=1S/C18H32N4O8/c23-15(24)10-14-2-1-4-19-22(13-18(29)30)9-8-21(12-17(27)28)7-6-20(5-3-14)11-16(25)26/h14,19H,1-13H2,(H,23,24)(H,25,26)(H,27,28)(H,29,30). The van der Waals surface area contributed by atoms with Crippen LogP contribution in [0.3, 0.4) is 0 Å². The zero-order valence-corrected chi connectivity index (χ0v) is 17.0. The van der Waals surface area contributed by atoms with Gasteiger partial charge in [0.2, 0.25) is 0 Å². The van der Waals surface area contributed by atoms with Gasteiger partial charge < -0.3 is 20.4 Å². The van der Waals surface area contributed by atoms with E-state index in [-0.39, 0.29) is 38.5 Å². The van der Waals surface area contributed by atoms with Crippen LogP contribution in [0.15, 0.2) is 0 Å². The van der Waals surface area contributed by atoms with Gasteiger partial charge in [0.25, 0.3) is 0 Å². The molecule has 0 aliphatic carbocycles. The van der Waals surface area contributed by atoms with E-state index in [2.05, 4.69) is 5.43 Å². The number of carboxylic acids is 4. The fourth-order valence-corrected chi connectivity index (χ4v) is 3.43. The van der Waals surface area contributed by atoms with Gasteiger partial charge in [-0.15, -0.1) is 0 Å². The van der Waals surface area contributed by atoms with Crippen LogP contribution < -0.4 is 5.43 Å². The topological polar surface area (TPSA) is 171 Å². The number of hydrogen-bond acceptors (Lipinski definition) is 8. The highest BCUT2D eigenvalue weighted by atomic mass is 16.4. The van der Waals surface area contributed by atoms with Gasteiger partial charge in [-0.25, -0.2) is 5.01 Å². The molecule has 0 radical (unpaired) electrons. The van der Waals surface area contributed by atoms with Crippen molar-refractivity contribution >= 4 is 23.9 Å². The maximum atomic E-state index is 11.2. The summed E-state index contributed by atoms with van der Waals surface area (Å²) >= 11 is 0. The van der Waals surface area contributed by atoms with Crippen LogP contribution >= 0.6 is 0 Å². The van der Waals surface area contributed by atoms with E-state index in [1.165, 1.54) is 5.01 Å². The first-order valence-corrected chi connectivity index (χ1v) is 9.96. The molecule has 0 spiro atoms. The van der Waals surface area contributed by atoms with Gasteiger partial charge in [-0.05, 0) is 31.7 Å². The summed E-state index contributed by atoms with van der Waals surface area (Å²) in [5, 5.41) is 38.1. The van der Waals surface area contributed by atoms with E-state index in [1.54, 1.807) is 9.80 Å². The Morgan fingerprint density at radius 3 is 1.77 bits per heavy atom. The number of carbonyl (C=O) groups is 4. The summed E-state index contributed by atoms with van der Waals surface area (Å²) in [5.74, 6) is -4.11. The average Bonchev–Trinajstić information content (AvgIpc) is 2.61. The van der Waals surface area contributed by atoms with Crippen molar-refractivity contribution in [1.82, 2.24) is 20.2 Å². The zero-order valence-electron chi connectivity index (χ0n) is 17.0. The van der Waals surface area contributed by atoms with Gasteiger partial charge in [-0.1, -0.05) is 0 Å². The molecule has 1 rings (SSSR count). The van der Waals surface area contributed by atoms with Crippen molar-refractivity contribution in [3.63, 3.8) is 0 Å². The maximum absolute atomic E-state index is 11.2. The molecule has 30 heavy (non-hydrogen) atoms. The third-order valence-electron chi connectivity index (χ3n) is 4.90. The van der Waals surface area contributed by atoms with Gasteiger partial charge in [-0.2, -0.15) is 0 Å². The molecule has 1 fully saturated rings. The highest BCUT2D eigenvalue weighted by molar-refractivity contribution is 5.70. The molecular weight excluding hydrogens is 400 g/mol. The molecule has 1 heterocycles. The van der Waals surface area contributed by atoms with Crippen molar-refractivity contribution in [2.75, 3.05) is 58.9 Å². The minimum Gasteiger partial charge on any atom is -0.481 e. The molecule has 1 atom stereocenters.